The van der Waals surface area contributed by atoms with Crippen LogP contribution in [0.25, 0.3) is 0 Å². The summed E-state index contributed by atoms with van der Waals surface area (Å²) in [6.45, 7) is 1.95. The Bertz CT molecular complexity index is 1310. The molecule has 3 aromatic rings. The molecule has 0 unspecified atom stereocenters. The lowest BCUT2D eigenvalue weighted by Gasteiger charge is -2.35. The van der Waals surface area contributed by atoms with E-state index in [2.05, 4.69) is 15.5 Å². The molecule has 2 N–H and O–H groups in total. The topological polar surface area (TPSA) is 118 Å². The minimum absolute atomic E-state index is 0.0178. The maximum absolute atomic E-state index is 14.9. The number of nitrogens with zero attached hydrogens (tertiary/aromatic N) is 3. The van der Waals surface area contributed by atoms with Crippen molar-refractivity contribution in [1.29, 1.82) is 0 Å². The fourth-order valence-corrected chi connectivity index (χ4v) is 5.57. The van der Waals surface area contributed by atoms with Crippen LogP contribution in [0, 0.1) is 11.6 Å². The minimum atomic E-state index is -1.69. The van der Waals surface area contributed by atoms with Crippen molar-refractivity contribution < 1.29 is 32.7 Å². The first-order valence-electron chi connectivity index (χ1n) is 11.1. The molecule has 1 aliphatic heterocycles. The van der Waals surface area contributed by atoms with Crippen molar-refractivity contribution in [3.63, 3.8) is 0 Å². The second kappa shape index (κ2) is 9.76. The molecule has 0 saturated carbocycles. The van der Waals surface area contributed by atoms with Crippen molar-refractivity contribution in [3.05, 3.63) is 59.0 Å². The Kier molecular flexibility index (Phi) is 6.90. The lowest BCUT2D eigenvalue weighted by atomic mass is 9.95. The summed E-state index contributed by atoms with van der Waals surface area (Å²) in [5.74, 6) is -2.68. The standard InChI is InChI=1S/C24H26F2N4O5S/c1-5-36(3,4)22-15(25)10-13(11-16(22)26)27-23(32)21-14-6-7-20(34-2)28-17(14)8-9-30(21)24(33)18-12-19(31)29-35-18/h6-7,10-12,21H,5,8-9H2,1-4H3,(H,27,32)(H,29,31)/t21-/m1/s1. The maximum atomic E-state index is 14.9. The lowest BCUT2D eigenvalue weighted by molar-refractivity contribution is -0.121. The van der Waals surface area contributed by atoms with Crippen LogP contribution in [0.3, 0.4) is 0 Å². The van der Waals surface area contributed by atoms with Crippen molar-refractivity contribution in [2.45, 2.75) is 24.3 Å². The molecule has 2 aromatic heterocycles. The molecule has 0 aliphatic carbocycles. The largest absolute Gasteiger partial charge is 0.491 e. The number of benzene rings is 1. The van der Waals surface area contributed by atoms with Gasteiger partial charge < -0.3 is 24.6 Å². The number of anilines is 1. The number of fused-ring (bicyclic) bond motifs is 1. The van der Waals surface area contributed by atoms with Gasteiger partial charge in [0.05, 0.1) is 23.8 Å². The zero-order valence-corrected chi connectivity index (χ0v) is 21.0. The SMILES string of the molecule is CCS(C)(C)c1c(F)cc(NC(=O)[C@H]2c3ccc(OC)nc3CCN2C(=O)c2cc(O)no2)cc1F. The van der Waals surface area contributed by atoms with Crippen LogP contribution in [0.2, 0.25) is 0 Å². The quantitative estimate of drug-likeness (QED) is 0.506. The van der Waals surface area contributed by atoms with Gasteiger partial charge >= 0.3 is 0 Å². The highest BCUT2D eigenvalue weighted by Crippen LogP contribution is 2.51. The summed E-state index contributed by atoms with van der Waals surface area (Å²) in [4.78, 5) is 32.3. The van der Waals surface area contributed by atoms with Crippen LogP contribution < -0.4 is 10.1 Å². The highest BCUT2D eigenvalue weighted by atomic mass is 32.3. The third-order valence-corrected chi connectivity index (χ3v) is 9.09. The summed E-state index contributed by atoms with van der Waals surface area (Å²) in [7, 11) is -0.232. The third kappa shape index (κ3) is 4.72. The molecule has 0 fully saturated rings. The van der Waals surface area contributed by atoms with Crippen molar-refractivity contribution in [2.24, 2.45) is 0 Å². The minimum Gasteiger partial charge on any atom is -0.491 e. The first-order valence-corrected chi connectivity index (χ1v) is 13.7. The third-order valence-electron chi connectivity index (χ3n) is 6.15. The summed E-state index contributed by atoms with van der Waals surface area (Å²) in [6.07, 6.45) is 3.95. The maximum Gasteiger partial charge on any atom is 0.293 e. The molecule has 4 rings (SSSR count). The van der Waals surface area contributed by atoms with Crippen molar-refractivity contribution in [1.82, 2.24) is 15.0 Å². The Hall–Kier alpha value is -3.67. The number of carbonyl (C=O) groups excluding carboxylic acids is 2. The van der Waals surface area contributed by atoms with Gasteiger partial charge in [0, 0.05) is 30.3 Å². The Morgan fingerprint density at radius 2 is 1.94 bits per heavy atom. The summed E-state index contributed by atoms with van der Waals surface area (Å²) in [6, 6.07) is 5.17. The molecule has 9 nitrogen and oxygen atoms in total. The molecule has 0 radical (unpaired) electrons. The van der Waals surface area contributed by atoms with Crippen molar-refractivity contribution in [2.75, 3.05) is 37.2 Å². The molecule has 1 aromatic carbocycles. The number of ether oxygens (including phenoxy) is 1. The van der Waals surface area contributed by atoms with E-state index in [0.29, 0.717) is 29.3 Å². The molecule has 192 valence electrons. The Labute approximate surface area is 207 Å². The number of rotatable bonds is 6. The lowest BCUT2D eigenvalue weighted by Crippen LogP contribution is -2.45. The van der Waals surface area contributed by atoms with Gasteiger partial charge in [0.15, 0.2) is 0 Å². The molecule has 36 heavy (non-hydrogen) atoms. The van der Waals surface area contributed by atoms with Crippen LogP contribution in [0.4, 0.5) is 14.5 Å². The van der Waals surface area contributed by atoms with Crippen LogP contribution in [-0.2, 0) is 11.2 Å². The average Bonchev–Trinajstić information content (AvgIpc) is 3.27. The number of carbonyl (C=O) groups is 2. The zero-order valence-electron chi connectivity index (χ0n) is 20.2. The van der Waals surface area contributed by atoms with Gasteiger partial charge in [-0.25, -0.2) is 23.8 Å². The average molecular weight is 521 g/mol. The van der Waals surface area contributed by atoms with E-state index in [1.165, 1.54) is 12.0 Å². The second-order valence-corrected chi connectivity index (χ2v) is 12.7. The van der Waals surface area contributed by atoms with Gasteiger partial charge in [-0.2, -0.15) is 0 Å². The van der Waals surface area contributed by atoms with Gasteiger partial charge in [0.1, 0.15) is 17.7 Å². The summed E-state index contributed by atoms with van der Waals surface area (Å²) < 4.78 is 39.9. The van der Waals surface area contributed by atoms with Gasteiger partial charge in [-0.1, -0.05) is 6.92 Å². The fourth-order valence-electron chi connectivity index (χ4n) is 4.10. The Morgan fingerprint density at radius 1 is 1.25 bits per heavy atom. The molecule has 12 heteroatoms. The Morgan fingerprint density at radius 3 is 2.53 bits per heavy atom. The molecule has 2 amide bonds. The number of amides is 2. The first kappa shape index (κ1) is 25.4. The van der Waals surface area contributed by atoms with E-state index in [-0.39, 0.29) is 22.9 Å². The van der Waals surface area contributed by atoms with Gasteiger partial charge in [-0.15, -0.1) is 0 Å². The monoisotopic (exact) mass is 520 g/mol. The van der Waals surface area contributed by atoms with Gasteiger partial charge in [0.2, 0.25) is 11.6 Å². The molecule has 1 aliphatic rings. The summed E-state index contributed by atoms with van der Waals surface area (Å²) in [5, 5.41) is 15.3. The highest BCUT2D eigenvalue weighted by Gasteiger charge is 2.39. The van der Waals surface area contributed by atoms with E-state index in [1.54, 1.807) is 12.1 Å². The van der Waals surface area contributed by atoms with E-state index in [9.17, 15) is 23.5 Å². The van der Waals surface area contributed by atoms with E-state index >= 15 is 0 Å². The van der Waals surface area contributed by atoms with E-state index in [4.69, 9.17) is 9.26 Å². The number of aromatic nitrogens is 2. The smallest absolute Gasteiger partial charge is 0.293 e. The highest BCUT2D eigenvalue weighted by molar-refractivity contribution is 8.32. The number of halogens is 2. The predicted octanol–water partition coefficient (Wildman–Crippen LogP) is 3.88. The van der Waals surface area contributed by atoms with Crippen molar-refractivity contribution >= 4 is 27.5 Å². The first-order chi connectivity index (χ1) is 17.1. The number of aromatic hydroxyl groups is 1. The number of hydrogen-bond donors (Lipinski definition) is 2. The van der Waals surface area contributed by atoms with E-state index < -0.39 is 45.4 Å². The number of pyridine rings is 1. The van der Waals surface area contributed by atoms with Crippen LogP contribution >= 0.6 is 10.0 Å². The van der Waals surface area contributed by atoms with Gasteiger partial charge in [-0.3, -0.25) is 9.59 Å². The normalized spacial score (nSPS) is 15.8. The molecule has 0 bridgehead atoms. The fraction of sp³-hybridized carbons (Fsp3) is 0.333. The van der Waals surface area contributed by atoms with Crippen molar-refractivity contribution in [3.8, 4) is 11.8 Å². The number of hydrogen-bond acceptors (Lipinski definition) is 7. The van der Waals surface area contributed by atoms with Gasteiger partial charge in [0.25, 0.3) is 17.7 Å². The molecular formula is C24H26F2N4O5S. The predicted molar refractivity (Wildman–Crippen MR) is 130 cm³/mol. The Balaban J connectivity index is 1.71. The number of methoxy groups -OCH3 is 1. The molecule has 0 spiro atoms. The summed E-state index contributed by atoms with van der Waals surface area (Å²) in [5.41, 5.74) is 0.883. The van der Waals surface area contributed by atoms with Gasteiger partial charge in [-0.05, 0) is 41.6 Å². The van der Waals surface area contributed by atoms with Crippen LogP contribution in [0.1, 0.15) is 34.8 Å². The van der Waals surface area contributed by atoms with Crippen LogP contribution in [0.15, 0.2) is 39.8 Å². The summed E-state index contributed by atoms with van der Waals surface area (Å²) >= 11 is 0. The molecule has 0 saturated heterocycles. The molecular weight excluding hydrogens is 494 g/mol. The number of nitrogens with one attached hydrogen (secondary N) is 1. The van der Waals surface area contributed by atoms with E-state index in [1.807, 2.05) is 19.4 Å². The second-order valence-electron chi connectivity index (χ2n) is 8.68. The van der Waals surface area contributed by atoms with Crippen LogP contribution in [0.5, 0.6) is 11.8 Å². The zero-order chi connectivity index (χ0) is 26.2. The van der Waals surface area contributed by atoms with Crippen LogP contribution in [-0.4, -0.2) is 63.9 Å². The molecule has 1 atom stereocenters. The molecule has 3 heterocycles. The van der Waals surface area contributed by atoms with E-state index in [0.717, 1.165) is 18.2 Å².